The maximum Gasteiger partial charge on any atom is 0.269 e. The number of carbonyl (C=O) groups is 1. The third kappa shape index (κ3) is 1.57. The topological polar surface area (TPSA) is 62.1 Å². The van der Waals surface area contributed by atoms with Crippen LogP contribution < -0.4 is 5.84 Å². The van der Waals surface area contributed by atoms with Gasteiger partial charge in [-0.2, -0.15) is 0 Å². The summed E-state index contributed by atoms with van der Waals surface area (Å²) in [5, 5.41) is 1.50. The number of rotatable bonds is 1. The van der Waals surface area contributed by atoms with Crippen LogP contribution in [0.2, 0.25) is 0 Å². The van der Waals surface area contributed by atoms with Gasteiger partial charge in [0, 0.05) is 24.1 Å². The van der Waals surface area contributed by atoms with E-state index >= 15 is 0 Å². The lowest BCUT2D eigenvalue weighted by atomic mass is 10.1. The van der Waals surface area contributed by atoms with Crippen molar-refractivity contribution in [2.45, 2.75) is 0 Å². The summed E-state index contributed by atoms with van der Waals surface area (Å²) in [6.07, 6.45) is 1.52. The molecule has 3 N–H and O–H groups in total. The van der Waals surface area contributed by atoms with Crippen LogP contribution in [0.5, 0.6) is 0 Å². The zero-order chi connectivity index (χ0) is 11.0. The summed E-state index contributed by atoms with van der Waals surface area (Å²) in [4.78, 5) is 14.5. The van der Waals surface area contributed by atoms with Crippen molar-refractivity contribution in [3.63, 3.8) is 0 Å². The van der Waals surface area contributed by atoms with Crippen molar-refractivity contribution in [2.24, 2.45) is 5.84 Å². The van der Waals surface area contributed by atoms with Gasteiger partial charge in [0.05, 0.1) is 5.56 Å². The lowest BCUT2D eigenvalue weighted by Gasteiger charge is -2.08. The Bertz CT molecular complexity index is 518. The molecule has 15 heavy (non-hydrogen) atoms. The average molecular weight is 207 g/mol. The summed E-state index contributed by atoms with van der Waals surface area (Å²) >= 11 is 0. The quantitative estimate of drug-likeness (QED) is 0.420. The monoisotopic (exact) mass is 207 g/mol. The smallest absolute Gasteiger partial charge is 0.269 e. The molecule has 0 saturated carbocycles. The third-order valence-corrected chi connectivity index (χ3v) is 2.19. The van der Waals surface area contributed by atoms with Crippen LogP contribution >= 0.6 is 0 Å². The zero-order valence-corrected chi connectivity index (χ0v) is 8.12. The summed E-state index contributed by atoms with van der Waals surface area (Å²) in [7, 11) is 1.44. The predicted octanol–water partition coefficient (Wildman–Crippen LogP) is 1.25. The van der Waals surface area contributed by atoms with Gasteiger partial charge in [-0.25, -0.2) is 10.2 Å². The van der Waals surface area contributed by atoms with Crippen molar-refractivity contribution >= 4 is 16.8 Å². The molecule has 4 nitrogen and oxygen atoms in total. The number of nitrogens with two attached hydrogens (primary N) is 1. The second-order valence-electron chi connectivity index (χ2n) is 3.31. The molecule has 0 aliphatic heterocycles. The molecule has 5 heteroatoms. The number of carbonyl (C=O) groups excluding carboxylic acids is 1. The van der Waals surface area contributed by atoms with Gasteiger partial charge in [-0.05, 0) is 18.2 Å². The van der Waals surface area contributed by atoms with Gasteiger partial charge in [0.1, 0.15) is 5.82 Å². The van der Waals surface area contributed by atoms with Crippen molar-refractivity contribution in [1.82, 2.24) is 9.99 Å². The second kappa shape index (κ2) is 3.36. The van der Waals surface area contributed by atoms with E-state index in [0.717, 1.165) is 5.01 Å². The number of hydrogen-bond acceptors (Lipinski definition) is 2. The number of nitrogens with zero attached hydrogens (tertiary/aromatic N) is 1. The number of fused-ring (bicyclic) bond motifs is 1. The molecule has 0 aliphatic carbocycles. The number of nitrogens with one attached hydrogen (secondary N) is 1. The number of H-pyrrole nitrogens is 1. The highest BCUT2D eigenvalue weighted by Crippen LogP contribution is 2.19. The Labute approximate surface area is 85.4 Å². The van der Waals surface area contributed by atoms with E-state index in [1.807, 2.05) is 0 Å². The maximum atomic E-state index is 13.0. The molecular formula is C10H10FN3O. The first-order valence-electron chi connectivity index (χ1n) is 4.39. The summed E-state index contributed by atoms with van der Waals surface area (Å²) in [5.74, 6) is 4.60. The van der Waals surface area contributed by atoms with Gasteiger partial charge in [0.15, 0.2) is 0 Å². The molecule has 0 aliphatic rings. The fourth-order valence-corrected chi connectivity index (χ4v) is 1.46. The van der Waals surface area contributed by atoms with Gasteiger partial charge in [-0.1, -0.05) is 0 Å². The van der Waals surface area contributed by atoms with Crippen LogP contribution in [0, 0.1) is 5.82 Å². The summed E-state index contributed by atoms with van der Waals surface area (Å²) in [6, 6.07) is 4.22. The first-order chi connectivity index (χ1) is 7.09. The molecule has 0 saturated heterocycles. The van der Waals surface area contributed by atoms with Crippen molar-refractivity contribution in [1.29, 1.82) is 0 Å². The molecule has 1 aromatic heterocycles. The third-order valence-electron chi connectivity index (χ3n) is 2.19. The number of halogens is 1. The van der Waals surface area contributed by atoms with Crippen LogP contribution in [0.4, 0.5) is 4.39 Å². The number of benzene rings is 1. The molecule has 0 spiro atoms. The fraction of sp³-hybridized carbons (Fsp3) is 0.100. The van der Waals surface area contributed by atoms with Crippen molar-refractivity contribution in [3.8, 4) is 0 Å². The van der Waals surface area contributed by atoms with E-state index in [-0.39, 0.29) is 11.7 Å². The molecule has 2 aromatic rings. The van der Waals surface area contributed by atoms with E-state index in [1.165, 1.54) is 25.4 Å². The minimum absolute atomic E-state index is 0.355. The Morgan fingerprint density at radius 2 is 2.27 bits per heavy atom. The van der Waals surface area contributed by atoms with E-state index in [0.29, 0.717) is 16.5 Å². The van der Waals surface area contributed by atoms with Gasteiger partial charge in [0.2, 0.25) is 0 Å². The number of hydrazine groups is 1. The van der Waals surface area contributed by atoms with Crippen LogP contribution in [0.3, 0.4) is 0 Å². The molecule has 0 atom stereocenters. The van der Waals surface area contributed by atoms with Crippen molar-refractivity contribution in [3.05, 3.63) is 35.8 Å². The first kappa shape index (κ1) is 9.67. The first-order valence-corrected chi connectivity index (χ1v) is 4.39. The Balaban J connectivity index is 2.62. The van der Waals surface area contributed by atoms with E-state index < -0.39 is 0 Å². The molecule has 0 bridgehead atoms. The number of amides is 1. The van der Waals surface area contributed by atoms with Gasteiger partial charge >= 0.3 is 0 Å². The molecule has 1 heterocycles. The summed E-state index contributed by atoms with van der Waals surface area (Å²) in [6.45, 7) is 0. The maximum absolute atomic E-state index is 13.0. The largest absolute Gasteiger partial charge is 0.360 e. The number of aromatic amines is 1. The van der Waals surface area contributed by atoms with E-state index in [2.05, 4.69) is 4.98 Å². The highest BCUT2D eigenvalue weighted by Gasteiger charge is 2.14. The lowest BCUT2D eigenvalue weighted by Crippen LogP contribution is -2.32. The normalized spacial score (nSPS) is 10.6. The Morgan fingerprint density at radius 1 is 1.53 bits per heavy atom. The molecule has 0 fully saturated rings. The molecule has 0 unspecified atom stereocenters. The molecule has 0 radical (unpaired) electrons. The molecule has 1 amide bonds. The van der Waals surface area contributed by atoms with Crippen LogP contribution in [0.15, 0.2) is 24.4 Å². The SMILES string of the molecule is CN(N)C(=O)c1c[nH]c2ccc(F)cc12. The average Bonchev–Trinajstić information content (AvgIpc) is 2.59. The Kier molecular flexibility index (Phi) is 2.17. The zero-order valence-electron chi connectivity index (χ0n) is 8.12. The minimum atomic E-state index is -0.379. The van der Waals surface area contributed by atoms with Crippen molar-refractivity contribution < 1.29 is 9.18 Å². The second-order valence-corrected chi connectivity index (χ2v) is 3.31. The van der Waals surface area contributed by atoms with E-state index in [1.54, 1.807) is 6.07 Å². The molecular weight excluding hydrogens is 197 g/mol. The van der Waals surface area contributed by atoms with Crippen LogP contribution in [0.25, 0.3) is 10.9 Å². The number of aromatic nitrogens is 1. The predicted molar refractivity (Wildman–Crippen MR) is 54.5 cm³/mol. The van der Waals surface area contributed by atoms with Gasteiger partial charge in [-0.15, -0.1) is 0 Å². The lowest BCUT2D eigenvalue weighted by molar-refractivity contribution is 0.0797. The van der Waals surface area contributed by atoms with Gasteiger partial charge in [-0.3, -0.25) is 9.80 Å². The van der Waals surface area contributed by atoms with E-state index in [9.17, 15) is 9.18 Å². The fourth-order valence-electron chi connectivity index (χ4n) is 1.46. The number of hydrogen-bond donors (Lipinski definition) is 2. The van der Waals surface area contributed by atoms with Crippen LogP contribution in [0.1, 0.15) is 10.4 Å². The Morgan fingerprint density at radius 3 is 2.93 bits per heavy atom. The highest BCUT2D eigenvalue weighted by atomic mass is 19.1. The summed E-state index contributed by atoms with van der Waals surface area (Å²) in [5.41, 5.74) is 1.08. The summed E-state index contributed by atoms with van der Waals surface area (Å²) < 4.78 is 13.0. The Hall–Kier alpha value is -1.88. The van der Waals surface area contributed by atoms with Crippen LogP contribution in [-0.2, 0) is 0 Å². The molecule has 2 rings (SSSR count). The van der Waals surface area contributed by atoms with Gasteiger partial charge in [0.25, 0.3) is 5.91 Å². The van der Waals surface area contributed by atoms with E-state index in [4.69, 9.17) is 5.84 Å². The van der Waals surface area contributed by atoms with Crippen LogP contribution in [-0.4, -0.2) is 22.9 Å². The molecule has 1 aromatic carbocycles. The standard InChI is InChI=1S/C10H10FN3O/c1-14(12)10(15)8-5-13-9-3-2-6(11)4-7(8)9/h2-5,13H,12H2,1H3. The molecule has 78 valence electrons. The van der Waals surface area contributed by atoms with Gasteiger partial charge < -0.3 is 4.98 Å². The van der Waals surface area contributed by atoms with Crippen molar-refractivity contribution in [2.75, 3.05) is 7.05 Å². The highest BCUT2D eigenvalue weighted by molar-refractivity contribution is 6.06. The minimum Gasteiger partial charge on any atom is -0.360 e.